The molecule has 0 aliphatic rings. The highest BCUT2D eigenvalue weighted by Gasteiger charge is 2.13. The van der Waals surface area contributed by atoms with Crippen LogP contribution in [0.1, 0.15) is 10.4 Å². The molecule has 7 nitrogen and oxygen atoms in total. The van der Waals surface area contributed by atoms with Crippen molar-refractivity contribution in [3.05, 3.63) is 75.2 Å². The van der Waals surface area contributed by atoms with Crippen molar-refractivity contribution in [2.45, 2.75) is 0 Å². The third-order valence-corrected chi connectivity index (χ3v) is 5.04. The van der Waals surface area contributed by atoms with Gasteiger partial charge in [-0.2, -0.15) is 4.52 Å². The van der Waals surface area contributed by atoms with E-state index < -0.39 is 0 Å². The number of ether oxygens (including phenoxy) is 1. The van der Waals surface area contributed by atoms with Crippen LogP contribution in [0.3, 0.4) is 0 Å². The normalized spacial score (nSPS) is 10.9. The second kappa shape index (κ2) is 8.87. The fourth-order valence-corrected chi connectivity index (χ4v) is 3.46. The van der Waals surface area contributed by atoms with E-state index in [4.69, 9.17) is 39.5 Å². The first-order valence-electron chi connectivity index (χ1n) is 8.86. The monoisotopic (exact) mass is 461 g/mol. The van der Waals surface area contributed by atoms with Crippen LogP contribution in [-0.4, -0.2) is 38.9 Å². The van der Waals surface area contributed by atoms with Crippen LogP contribution in [0.4, 0.5) is 0 Å². The molecule has 0 atom stereocenters. The van der Waals surface area contributed by atoms with E-state index in [9.17, 15) is 4.79 Å². The zero-order chi connectivity index (χ0) is 21.1. The lowest BCUT2D eigenvalue weighted by Gasteiger charge is -2.09. The van der Waals surface area contributed by atoms with Gasteiger partial charge in [-0.3, -0.25) is 4.79 Å². The minimum absolute atomic E-state index is 0.207. The smallest absolute Gasteiger partial charge is 0.252 e. The predicted octanol–water partition coefficient (Wildman–Crippen LogP) is 4.56. The number of halogens is 3. The van der Waals surface area contributed by atoms with E-state index in [1.807, 2.05) is 18.2 Å². The molecule has 0 aliphatic heterocycles. The molecule has 2 aromatic carbocycles. The molecule has 0 unspecified atom stereocenters. The Morgan fingerprint density at radius 2 is 1.83 bits per heavy atom. The number of carbonyl (C=O) groups is 1. The van der Waals surface area contributed by atoms with Crippen molar-refractivity contribution in [1.82, 2.24) is 25.1 Å². The Hall–Kier alpha value is -2.87. The Balaban J connectivity index is 1.42. The predicted molar refractivity (Wildman–Crippen MR) is 116 cm³/mol. The van der Waals surface area contributed by atoms with Gasteiger partial charge in [-0.05, 0) is 36.4 Å². The second-order valence-electron chi connectivity index (χ2n) is 6.17. The summed E-state index contributed by atoms with van der Waals surface area (Å²) in [5.41, 5.74) is 1.61. The van der Waals surface area contributed by atoms with Crippen molar-refractivity contribution >= 4 is 46.4 Å². The first-order chi connectivity index (χ1) is 14.5. The minimum Gasteiger partial charge on any atom is -0.475 e. The van der Waals surface area contributed by atoms with Gasteiger partial charge in [0.15, 0.2) is 11.5 Å². The van der Waals surface area contributed by atoms with Crippen LogP contribution >= 0.6 is 34.8 Å². The van der Waals surface area contributed by atoms with Crippen LogP contribution in [0.15, 0.2) is 54.6 Å². The van der Waals surface area contributed by atoms with Crippen molar-refractivity contribution in [2.24, 2.45) is 0 Å². The average Bonchev–Trinajstić information content (AvgIpc) is 3.14. The molecule has 152 valence electrons. The first-order valence-corrected chi connectivity index (χ1v) is 10.00. The molecular formula is C20H14Cl3N5O2. The van der Waals surface area contributed by atoms with Crippen LogP contribution in [0, 0.1) is 0 Å². The summed E-state index contributed by atoms with van der Waals surface area (Å²) in [4.78, 5) is 12.2. The number of hydrogen-bond donors (Lipinski definition) is 1. The van der Waals surface area contributed by atoms with Crippen molar-refractivity contribution in [2.75, 3.05) is 13.2 Å². The Kier molecular flexibility index (Phi) is 6.03. The molecule has 0 saturated heterocycles. The van der Waals surface area contributed by atoms with Crippen molar-refractivity contribution in [1.29, 1.82) is 0 Å². The molecule has 0 aliphatic carbocycles. The van der Waals surface area contributed by atoms with Gasteiger partial charge >= 0.3 is 0 Å². The second-order valence-corrected chi connectivity index (χ2v) is 7.42. The number of nitrogens with one attached hydrogen (secondary N) is 1. The van der Waals surface area contributed by atoms with Gasteiger partial charge in [-0.1, -0.05) is 46.9 Å². The summed E-state index contributed by atoms with van der Waals surface area (Å²) < 4.78 is 7.21. The summed E-state index contributed by atoms with van der Waals surface area (Å²) in [6.07, 6.45) is 0. The summed E-state index contributed by atoms with van der Waals surface area (Å²) in [6, 6.07) is 15.4. The Bertz CT molecular complexity index is 1230. The number of rotatable bonds is 6. The highest BCUT2D eigenvalue weighted by atomic mass is 35.5. The third kappa shape index (κ3) is 4.33. The topological polar surface area (TPSA) is 81.4 Å². The first kappa shape index (κ1) is 20.4. The van der Waals surface area contributed by atoms with Crippen LogP contribution in [0.25, 0.3) is 17.0 Å². The number of benzene rings is 2. The molecule has 10 heteroatoms. The summed E-state index contributed by atoms with van der Waals surface area (Å²) in [5, 5.41) is 16.7. The molecule has 2 heterocycles. The van der Waals surface area contributed by atoms with Gasteiger partial charge in [0.05, 0.1) is 22.2 Å². The summed E-state index contributed by atoms with van der Waals surface area (Å²) >= 11 is 18.2. The van der Waals surface area contributed by atoms with Gasteiger partial charge in [0.1, 0.15) is 6.61 Å². The van der Waals surface area contributed by atoms with Gasteiger partial charge in [-0.25, -0.2) is 0 Å². The van der Waals surface area contributed by atoms with Gasteiger partial charge in [-0.15, -0.1) is 15.3 Å². The SMILES string of the molecule is O=C(NCCOc1ccc2nnc(-c3ccccc3Cl)n2n1)c1ccc(Cl)cc1Cl. The Morgan fingerprint density at radius 3 is 2.63 bits per heavy atom. The molecule has 30 heavy (non-hydrogen) atoms. The third-order valence-electron chi connectivity index (χ3n) is 4.17. The van der Waals surface area contributed by atoms with Crippen LogP contribution in [-0.2, 0) is 0 Å². The van der Waals surface area contributed by atoms with E-state index >= 15 is 0 Å². The van der Waals surface area contributed by atoms with Gasteiger partial charge in [0.25, 0.3) is 5.91 Å². The number of fused-ring (bicyclic) bond motifs is 1. The molecule has 0 saturated carbocycles. The lowest BCUT2D eigenvalue weighted by Crippen LogP contribution is -2.28. The lowest BCUT2D eigenvalue weighted by molar-refractivity contribution is 0.0946. The summed E-state index contributed by atoms with van der Waals surface area (Å²) in [7, 11) is 0. The van der Waals surface area contributed by atoms with Crippen molar-refractivity contribution < 1.29 is 9.53 Å². The van der Waals surface area contributed by atoms with Crippen LogP contribution < -0.4 is 10.1 Å². The molecule has 1 N–H and O–H groups in total. The highest BCUT2D eigenvalue weighted by Crippen LogP contribution is 2.26. The quantitative estimate of drug-likeness (QED) is 0.425. The number of hydrogen-bond acceptors (Lipinski definition) is 5. The Labute approximate surface area is 186 Å². The molecule has 0 fully saturated rings. The van der Waals surface area contributed by atoms with E-state index in [0.29, 0.717) is 38.5 Å². The van der Waals surface area contributed by atoms with Gasteiger partial charge in [0.2, 0.25) is 5.88 Å². The van der Waals surface area contributed by atoms with Crippen molar-refractivity contribution in [3.8, 4) is 17.3 Å². The maximum atomic E-state index is 12.2. The van der Waals surface area contributed by atoms with E-state index in [1.165, 1.54) is 6.07 Å². The van der Waals surface area contributed by atoms with E-state index in [0.717, 1.165) is 0 Å². The number of nitrogens with zero attached hydrogens (tertiary/aromatic N) is 4. The molecule has 4 rings (SSSR count). The molecule has 0 spiro atoms. The summed E-state index contributed by atoms with van der Waals surface area (Å²) in [5.74, 6) is 0.546. The molecule has 2 aromatic heterocycles. The molecule has 4 aromatic rings. The fraction of sp³-hybridized carbons (Fsp3) is 0.100. The van der Waals surface area contributed by atoms with Gasteiger partial charge < -0.3 is 10.1 Å². The highest BCUT2D eigenvalue weighted by molar-refractivity contribution is 6.36. The molecule has 1 amide bonds. The largest absolute Gasteiger partial charge is 0.475 e. The molecule has 0 bridgehead atoms. The number of amides is 1. The number of aromatic nitrogens is 4. The summed E-state index contributed by atoms with van der Waals surface area (Å²) in [6.45, 7) is 0.468. The van der Waals surface area contributed by atoms with Crippen molar-refractivity contribution in [3.63, 3.8) is 0 Å². The number of carbonyl (C=O) groups excluding carboxylic acids is 1. The van der Waals surface area contributed by atoms with E-state index in [2.05, 4.69) is 20.6 Å². The fourth-order valence-electron chi connectivity index (χ4n) is 2.75. The van der Waals surface area contributed by atoms with E-state index in [1.54, 1.807) is 34.8 Å². The molecule has 0 radical (unpaired) electrons. The molecular weight excluding hydrogens is 449 g/mol. The lowest BCUT2D eigenvalue weighted by atomic mass is 10.2. The van der Waals surface area contributed by atoms with Gasteiger partial charge in [0, 0.05) is 16.7 Å². The van der Waals surface area contributed by atoms with Crippen LogP contribution in [0.5, 0.6) is 5.88 Å². The average molecular weight is 463 g/mol. The maximum Gasteiger partial charge on any atom is 0.252 e. The maximum absolute atomic E-state index is 12.2. The zero-order valence-corrected chi connectivity index (χ0v) is 17.6. The Morgan fingerprint density at radius 1 is 1.00 bits per heavy atom. The zero-order valence-electron chi connectivity index (χ0n) is 15.3. The minimum atomic E-state index is -0.316. The van der Waals surface area contributed by atoms with E-state index in [-0.39, 0.29) is 24.1 Å². The standard InChI is InChI=1S/C20H14Cl3N5O2/c21-12-5-6-14(16(23)11-12)20(29)24-9-10-30-18-8-7-17-25-26-19(28(17)27-18)13-3-1-2-4-15(13)22/h1-8,11H,9-10H2,(H,24,29). The van der Waals surface area contributed by atoms with Crippen LogP contribution in [0.2, 0.25) is 15.1 Å².